The van der Waals surface area contributed by atoms with Gasteiger partial charge in [0.2, 0.25) is 0 Å². The van der Waals surface area contributed by atoms with Crippen LogP contribution in [0.25, 0.3) is 77.2 Å². The van der Waals surface area contributed by atoms with Gasteiger partial charge in [-0.2, -0.15) is 0 Å². The molecule has 14 rings (SSSR count). The Hall–Kier alpha value is -9.49. The fraction of sp³-hybridized carbons (Fsp3) is 0. The van der Waals surface area contributed by atoms with Crippen LogP contribution < -0.4 is 22.5 Å². The van der Waals surface area contributed by atoms with Gasteiger partial charge in [-0.15, -0.1) is 0 Å². The van der Waals surface area contributed by atoms with Crippen molar-refractivity contribution in [3.05, 3.63) is 309 Å². The van der Waals surface area contributed by atoms with Crippen LogP contribution in [0.5, 0.6) is 0 Å². The van der Waals surface area contributed by atoms with E-state index in [0.29, 0.717) is 0 Å². The van der Waals surface area contributed by atoms with Gasteiger partial charge in [-0.05, 0) is 59.7 Å². The summed E-state index contributed by atoms with van der Waals surface area (Å²) in [6.45, 7) is 0. The minimum absolute atomic E-state index is 0.264. The van der Waals surface area contributed by atoms with E-state index >= 15 is 0 Å². The molecule has 0 unspecified atom stereocenters. The molecule has 0 radical (unpaired) electrons. The van der Waals surface area contributed by atoms with Crippen molar-refractivity contribution in [2.75, 3.05) is 4.90 Å². The summed E-state index contributed by atoms with van der Waals surface area (Å²) in [5.74, 6) is -0.264. The molecule has 12 aromatic carbocycles. The summed E-state index contributed by atoms with van der Waals surface area (Å²) >= 11 is -3.47. The van der Waals surface area contributed by atoms with Crippen LogP contribution in [0.1, 0.15) is 0 Å². The predicted octanol–water partition coefficient (Wildman–Crippen LogP) is 16.2. The van der Waals surface area contributed by atoms with Crippen molar-refractivity contribution in [3.63, 3.8) is 0 Å². The molecule has 0 N–H and O–H groups in total. The van der Waals surface area contributed by atoms with Gasteiger partial charge in [0.05, 0.1) is 11.0 Å². The van der Waals surface area contributed by atoms with Crippen molar-refractivity contribution in [2.45, 2.75) is 0 Å². The molecule has 2 aromatic heterocycles. The first-order chi connectivity index (χ1) is 38.1. The topological polar surface area (TPSA) is 13.1 Å². The number of hydrogen-bond acceptors (Lipinski definition) is 1. The molecule has 14 aromatic rings. The molecule has 77 heavy (non-hydrogen) atoms. The number of benzene rings is 12. The maximum atomic E-state index is 14.6. The van der Waals surface area contributed by atoms with Crippen molar-refractivity contribution < 1.29 is 4.39 Å². The summed E-state index contributed by atoms with van der Waals surface area (Å²) in [7, 11) is 0. The van der Waals surface area contributed by atoms with Gasteiger partial charge in [-0.1, -0.05) is 78.9 Å². The number of fused-ring (bicyclic) bond motifs is 6. The van der Waals surface area contributed by atoms with Gasteiger partial charge in [-0.3, -0.25) is 0 Å². The SMILES string of the molecule is Fc1ccc(-n2c3ccc(-c4cc[c]([Ge]([c]5ccccc5)([c]5ccccc5)[c]5ccccc5)cc4)cc3c3cc(N(c4ccc(-c5ccccc5)cc4)c4ccc5c(c4)c4ccccc4n5-c4ccccc4)ccc32)cc1. The monoisotopic (exact) mass is 1050 g/mol. The third-order valence-electron chi connectivity index (χ3n) is 15.5. The van der Waals surface area contributed by atoms with E-state index in [0.717, 1.165) is 78.0 Å². The zero-order chi connectivity index (χ0) is 51.3. The average molecular weight is 1050 g/mol. The van der Waals surface area contributed by atoms with Crippen LogP contribution in [-0.2, 0) is 0 Å². The van der Waals surface area contributed by atoms with Crippen molar-refractivity contribution >= 4 is 91.5 Å². The molecular weight excluding hydrogens is 998 g/mol. The maximum absolute atomic E-state index is 14.6. The van der Waals surface area contributed by atoms with E-state index in [-0.39, 0.29) is 5.82 Å². The van der Waals surface area contributed by atoms with Gasteiger partial charge in [0.15, 0.2) is 0 Å². The Bertz CT molecular complexity index is 4310. The number of para-hydroxylation sites is 2. The van der Waals surface area contributed by atoms with Crippen LogP contribution in [0.2, 0.25) is 0 Å². The van der Waals surface area contributed by atoms with E-state index < -0.39 is 13.3 Å². The van der Waals surface area contributed by atoms with Gasteiger partial charge in [0.25, 0.3) is 0 Å². The molecule has 0 aliphatic rings. The zero-order valence-electron chi connectivity index (χ0n) is 42.1. The Morgan fingerprint density at radius 2 is 0.623 bits per heavy atom. The van der Waals surface area contributed by atoms with Crippen LogP contribution in [0.4, 0.5) is 21.5 Å². The molecule has 5 heteroatoms. The summed E-state index contributed by atoms with van der Waals surface area (Å²) in [5, 5.41) is 4.58. The fourth-order valence-corrected chi connectivity index (χ4v) is 22.0. The van der Waals surface area contributed by atoms with Crippen LogP contribution >= 0.6 is 0 Å². The van der Waals surface area contributed by atoms with Crippen molar-refractivity contribution in [2.24, 2.45) is 0 Å². The normalized spacial score (nSPS) is 11.7. The van der Waals surface area contributed by atoms with E-state index in [2.05, 4.69) is 293 Å². The molecule has 0 aliphatic carbocycles. The average Bonchev–Trinajstić information content (AvgIpc) is 4.13. The number of halogens is 1. The standard InChI is InChI=1S/C72H50FGeN3/c73-55-35-41-62(42-36-55)77-70-45-34-54(53-30-37-59(38-31-53)74(56-20-8-2-9-21-56,57-22-10-3-11-23-57)58-24-12-4-13-25-58)48-66(70)68-50-64(44-47-72(68)77)75(61-39-32-52(33-40-61)51-18-6-1-7-19-51)63-43-46-71-67(49-63)65-28-16-17-29-69(65)76(71)60-26-14-5-15-27-60/h1-50H. The first kappa shape index (κ1) is 46.1. The second kappa shape index (κ2) is 19.3. The second-order valence-corrected chi connectivity index (χ2v) is 27.8. The molecular formula is C72H50FGeN3. The molecule has 0 spiro atoms. The molecule has 0 fully saturated rings. The summed E-state index contributed by atoms with van der Waals surface area (Å²) < 4.78 is 24.8. The summed E-state index contributed by atoms with van der Waals surface area (Å²) in [5.41, 5.74) is 14.1. The fourth-order valence-electron chi connectivity index (χ4n) is 12.0. The van der Waals surface area contributed by atoms with Crippen molar-refractivity contribution in [3.8, 4) is 33.6 Å². The Labute approximate surface area is 450 Å². The van der Waals surface area contributed by atoms with Crippen LogP contribution in [0.3, 0.4) is 0 Å². The van der Waals surface area contributed by atoms with E-state index in [1.807, 2.05) is 12.1 Å². The Balaban J connectivity index is 0.951. The Morgan fingerprint density at radius 3 is 1.18 bits per heavy atom. The third-order valence-corrected chi connectivity index (χ3v) is 25.6. The molecule has 2 heterocycles. The molecule has 0 saturated heterocycles. The van der Waals surface area contributed by atoms with Gasteiger partial charge in [0.1, 0.15) is 5.82 Å². The van der Waals surface area contributed by atoms with Gasteiger partial charge < -0.3 is 4.57 Å². The molecule has 0 saturated carbocycles. The first-order valence-corrected chi connectivity index (χ1v) is 30.5. The molecule has 364 valence electrons. The molecule has 0 atom stereocenters. The van der Waals surface area contributed by atoms with Crippen LogP contribution in [-0.4, -0.2) is 22.4 Å². The number of rotatable bonds is 11. The summed E-state index contributed by atoms with van der Waals surface area (Å²) in [6, 6.07) is 109. The molecule has 0 aliphatic heterocycles. The molecule has 0 bridgehead atoms. The minimum atomic E-state index is -3.47. The number of aromatic nitrogens is 2. The van der Waals surface area contributed by atoms with Crippen LogP contribution in [0.15, 0.2) is 303 Å². The number of hydrogen-bond donors (Lipinski definition) is 0. The van der Waals surface area contributed by atoms with E-state index in [4.69, 9.17) is 0 Å². The number of nitrogens with zero attached hydrogens (tertiary/aromatic N) is 3. The van der Waals surface area contributed by atoms with E-state index in [1.165, 1.54) is 33.9 Å². The zero-order valence-corrected chi connectivity index (χ0v) is 44.2. The first-order valence-electron chi connectivity index (χ1n) is 26.3. The van der Waals surface area contributed by atoms with Gasteiger partial charge in [0, 0.05) is 16.5 Å². The van der Waals surface area contributed by atoms with Crippen molar-refractivity contribution in [1.82, 2.24) is 9.13 Å². The number of anilines is 3. The predicted molar refractivity (Wildman–Crippen MR) is 324 cm³/mol. The summed E-state index contributed by atoms with van der Waals surface area (Å²) in [4.78, 5) is 2.38. The van der Waals surface area contributed by atoms with Gasteiger partial charge in [-0.25, -0.2) is 4.39 Å². The van der Waals surface area contributed by atoms with Crippen LogP contribution in [0, 0.1) is 5.82 Å². The van der Waals surface area contributed by atoms with E-state index in [1.54, 1.807) is 12.1 Å². The molecule has 3 nitrogen and oxygen atoms in total. The third kappa shape index (κ3) is 7.96. The quantitative estimate of drug-likeness (QED) is 0.118. The molecule has 0 amide bonds. The van der Waals surface area contributed by atoms with Gasteiger partial charge >= 0.3 is 272 Å². The Morgan fingerprint density at radius 1 is 0.260 bits per heavy atom. The summed E-state index contributed by atoms with van der Waals surface area (Å²) in [6.07, 6.45) is 0. The second-order valence-electron chi connectivity index (χ2n) is 19.8. The van der Waals surface area contributed by atoms with Crippen molar-refractivity contribution in [1.29, 1.82) is 0 Å². The Kier molecular flexibility index (Phi) is 11.6. The van der Waals surface area contributed by atoms with E-state index in [9.17, 15) is 4.39 Å².